The van der Waals surface area contributed by atoms with Crippen LogP contribution >= 0.6 is 23.6 Å². The largest absolute Gasteiger partial charge is 0.195 e. The lowest BCUT2D eigenvalue weighted by atomic mass is 9.91. The van der Waals surface area contributed by atoms with E-state index in [0.29, 0.717) is 5.92 Å². The molecule has 2 rings (SSSR count). The zero-order valence-electron chi connectivity index (χ0n) is 11.0. The lowest BCUT2D eigenvalue weighted by Gasteiger charge is -2.16. The summed E-state index contributed by atoms with van der Waals surface area (Å²) in [6.45, 7) is 2.24. The minimum atomic E-state index is 0.592. The highest BCUT2D eigenvalue weighted by Crippen LogP contribution is 2.28. The molecule has 19 heavy (non-hydrogen) atoms. The fourth-order valence-corrected chi connectivity index (χ4v) is 3.17. The molecule has 0 aliphatic heterocycles. The number of benzene rings is 1. The molecule has 1 heterocycles. The van der Waals surface area contributed by atoms with Crippen molar-refractivity contribution < 1.29 is 0 Å². The molecule has 0 fully saturated rings. The molecule has 0 spiro atoms. The molecule has 0 saturated heterocycles. The van der Waals surface area contributed by atoms with E-state index in [4.69, 9.17) is 0 Å². The van der Waals surface area contributed by atoms with E-state index in [1.807, 2.05) is 23.5 Å². The number of hydrogen-bond donors (Lipinski definition) is 0. The Morgan fingerprint density at radius 1 is 1.26 bits per heavy atom. The fourth-order valence-electron chi connectivity index (χ4n) is 2.28. The summed E-state index contributed by atoms with van der Waals surface area (Å²) >= 11 is 6.46. The molecule has 1 nitrogen and oxygen atoms in total. The second-order valence-electron chi connectivity index (χ2n) is 4.56. The number of isothiocyanates is 1. The Hall–Kier alpha value is -1.28. The van der Waals surface area contributed by atoms with Crippen LogP contribution in [0.5, 0.6) is 0 Å². The molecule has 0 amide bonds. The molecule has 0 N–H and O–H groups in total. The molecule has 0 bridgehead atoms. The third-order valence-electron chi connectivity index (χ3n) is 3.20. The number of thiophene rings is 1. The van der Waals surface area contributed by atoms with Gasteiger partial charge in [0.2, 0.25) is 0 Å². The maximum absolute atomic E-state index is 4.62. The van der Waals surface area contributed by atoms with Crippen LogP contribution in [0.4, 0.5) is 5.69 Å². The van der Waals surface area contributed by atoms with E-state index in [1.165, 1.54) is 23.3 Å². The summed E-state index contributed by atoms with van der Waals surface area (Å²) in [7, 11) is 0. The predicted molar refractivity (Wildman–Crippen MR) is 86.8 cm³/mol. The van der Waals surface area contributed by atoms with Crippen LogP contribution in [0.15, 0.2) is 46.8 Å². The lowest BCUT2D eigenvalue weighted by Crippen LogP contribution is -2.01. The molecular weight excluding hydrogens is 270 g/mol. The molecule has 0 aliphatic carbocycles. The summed E-state index contributed by atoms with van der Waals surface area (Å²) in [5.74, 6) is 0.592. The van der Waals surface area contributed by atoms with E-state index >= 15 is 0 Å². The quantitative estimate of drug-likeness (QED) is 0.497. The maximum atomic E-state index is 4.62. The van der Waals surface area contributed by atoms with Crippen molar-refractivity contribution in [1.29, 1.82) is 0 Å². The number of aliphatic imine (C=N–C) groups is 1. The average molecular weight is 287 g/mol. The summed E-state index contributed by atoms with van der Waals surface area (Å²) in [4.78, 5) is 5.45. The van der Waals surface area contributed by atoms with Crippen molar-refractivity contribution in [3.8, 4) is 0 Å². The molecule has 3 heteroatoms. The molecule has 2 aromatic rings. The highest BCUT2D eigenvalue weighted by molar-refractivity contribution is 7.78. The summed E-state index contributed by atoms with van der Waals surface area (Å²) in [5.41, 5.74) is 2.27. The fraction of sp³-hybridized carbons (Fsp3) is 0.312. The van der Waals surface area contributed by atoms with Gasteiger partial charge in [-0.2, -0.15) is 4.99 Å². The van der Waals surface area contributed by atoms with Gasteiger partial charge >= 0.3 is 0 Å². The molecule has 1 unspecified atom stereocenters. The van der Waals surface area contributed by atoms with Crippen molar-refractivity contribution in [2.75, 3.05) is 0 Å². The predicted octanol–water partition coefficient (Wildman–Crippen LogP) is 5.61. The second kappa shape index (κ2) is 7.34. The van der Waals surface area contributed by atoms with Gasteiger partial charge in [0.25, 0.3) is 0 Å². The Morgan fingerprint density at radius 2 is 2.05 bits per heavy atom. The van der Waals surface area contributed by atoms with Crippen molar-refractivity contribution in [1.82, 2.24) is 0 Å². The standard InChI is InChI=1S/C16H17NS2/c1-2-4-14(11-16-5-3-10-19-16)13-6-8-15(9-7-13)17-12-18/h3,5-10,14H,2,4,11H2,1H3. The third kappa shape index (κ3) is 4.10. The van der Waals surface area contributed by atoms with Gasteiger partial charge in [-0.15, -0.1) is 11.3 Å². The van der Waals surface area contributed by atoms with Gasteiger partial charge in [0.1, 0.15) is 0 Å². The first-order chi connectivity index (χ1) is 9.33. The Balaban J connectivity index is 2.15. The third-order valence-corrected chi connectivity index (χ3v) is 4.19. The van der Waals surface area contributed by atoms with Gasteiger partial charge in [-0.1, -0.05) is 31.5 Å². The van der Waals surface area contributed by atoms with E-state index in [-0.39, 0.29) is 0 Å². The van der Waals surface area contributed by atoms with Crippen LogP contribution in [0.3, 0.4) is 0 Å². The normalized spacial score (nSPS) is 11.8. The van der Waals surface area contributed by atoms with Crippen LogP contribution in [0, 0.1) is 0 Å². The highest BCUT2D eigenvalue weighted by atomic mass is 32.1. The van der Waals surface area contributed by atoms with Gasteiger partial charge < -0.3 is 0 Å². The Morgan fingerprint density at radius 3 is 2.63 bits per heavy atom. The summed E-state index contributed by atoms with van der Waals surface area (Å²) in [5, 5.41) is 4.55. The van der Waals surface area contributed by atoms with Crippen LogP contribution in [0.2, 0.25) is 0 Å². The van der Waals surface area contributed by atoms with E-state index in [0.717, 1.165) is 12.1 Å². The van der Waals surface area contributed by atoms with E-state index in [1.54, 1.807) is 0 Å². The number of thiocarbonyl (C=S) groups is 1. The Bertz CT molecular complexity index is 537. The number of nitrogens with zero attached hydrogens (tertiary/aromatic N) is 1. The first-order valence-electron chi connectivity index (χ1n) is 6.53. The average Bonchev–Trinajstić information content (AvgIpc) is 2.93. The zero-order valence-corrected chi connectivity index (χ0v) is 12.6. The smallest absolute Gasteiger partial charge is 0.0739 e. The molecule has 0 aliphatic rings. The molecule has 0 radical (unpaired) electrons. The molecule has 1 atom stereocenters. The van der Waals surface area contributed by atoms with Crippen molar-refractivity contribution in [2.24, 2.45) is 4.99 Å². The van der Waals surface area contributed by atoms with E-state index < -0.39 is 0 Å². The van der Waals surface area contributed by atoms with Gasteiger partial charge in [-0.3, -0.25) is 0 Å². The lowest BCUT2D eigenvalue weighted by molar-refractivity contribution is 0.614. The van der Waals surface area contributed by atoms with Gasteiger partial charge in [0.15, 0.2) is 0 Å². The van der Waals surface area contributed by atoms with Crippen LogP contribution in [-0.4, -0.2) is 5.16 Å². The van der Waals surface area contributed by atoms with Crippen molar-refractivity contribution >= 4 is 34.4 Å². The Kier molecular flexibility index (Phi) is 5.46. The van der Waals surface area contributed by atoms with Crippen molar-refractivity contribution in [3.05, 3.63) is 52.2 Å². The first-order valence-corrected chi connectivity index (χ1v) is 7.82. The van der Waals surface area contributed by atoms with Crippen molar-refractivity contribution in [2.45, 2.75) is 32.1 Å². The van der Waals surface area contributed by atoms with Crippen LogP contribution in [0.25, 0.3) is 0 Å². The monoisotopic (exact) mass is 287 g/mol. The molecule has 98 valence electrons. The maximum Gasteiger partial charge on any atom is 0.0739 e. The minimum Gasteiger partial charge on any atom is -0.195 e. The number of rotatable bonds is 6. The minimum absolute atomic E-state index is 0.592. The summed E-state index contributed by atoms with van der Waals surface area (Å²) < 4.78 is 0. The SMILES string of the molecule is CCCC(Cc1cccs1)c1ccc(N=C=S)cc1. The summed E-state index contributed by atoms with van der Waals surface area (Å²) in [6, 6.07) is 12.7. The van der Waals surface area contributed by atoms with Crippen LogP contribution in [0.1, 0.15) is 36.1 Å². The molecule has 1 aromatic carbocycles. The van der Waals surface area contributed by atoms with Gasteiger partial charge in [-0.25, -0.2) is 0 Å². The van der Waals surface area contributed by atoms with Crippen LogP contribution < -0.4 is 0 Å². The van der Waals surface area contributed by atoms with E-state index in [9.17, 15) is 0 Å². The second-order valence-corrected chi connectivity index (χ2v) is 5.78. The van der Waals surface area contributed by atoms with Gasteiger partial charge in [-0.05, 0) is 60.1 Å². The molecular formula is C16H17NS2. The zero-order chi connectivity index (χ0) is 13.5. The Labute approximate surface area is 124 Å². The molecule has 1 aromatic heterocycles. The summed E-state index contributed by atoms with van der Waals surface area (Å²) in [6.07, 6.45) is 3.55. The highest BCUT2D eigenvalue weighted by Gasteiger charge is 2.12. The van der Waals surface area contributed by atoms with Gasteiger partial charge in [0, 0.05) is 4.88 Å². The molecule has 0 saturated carbocycles. The van der Waals surface area contributed by atoms with Crippen molar-refractivity contribution in [3.63, 3.8) is 0 Å². The van der Waals surface area contributed by atoms with Gasteiger partial charge in [0.05, 0.1) is 10.8 Å². The number of hydrogen-bond acceptors (Lipinski definition) is 3. The van der Waals surface area contributed by atoms with E-state index in [2.05, 4.69) is 58.9 Å². The topological polar surface area (TPSA) is 12.4 Å². The first kappa shape index (κ1) is 14.1. The van der Waals surface area contributed by atoms with Crippen LogP contribution in [-0.2, 0) is 6.42 Å².